The number of carbonyl (C=O) groups is 4. The third-order valence-electron chi connectivity index (χ3n) is 6.97. The van der Waals surface area contributed by atoms with E-state index in [9.17, 15) is 19.2 Å². The van der Waals surface area contributed by atoms with Gasteiger partial charge in [0.1, 0.15) is 5.75 Å². The fourth-order valence-electron chi connectivity index (χ4n) is 5.25. The fraction of sp³-hybridized carbons (Fsp3) is 0.333. The number of allylic oxidation sites excluding steroid dienone is 2. The summed E-state index contributed by atoms with van der Waals surface area (Å²) in [5.74, 6) is -2.06. The van der Waals surface area contributed by atoms with Crippen LogP contribution in [0.15, 0.2) is 54.6 Å². The van der Waals surface area contributed by atoms with Crippen LogP contribution in [0.3, 0.4) is 0 Å². The van der Waals surface area contributed by atoms with Gasteiger partial charge >= 0.3 is 5.97 Å². The minimum Gasteiger partial charge on any atom is -0.426 e. The van der Waals surface area contributed by atoms with E-state index in [4.69, 9.17) is 4.74 Å². The first-order valence-electron chi connectivity index (χ1n) is 11.6. The highest BCUT2D eigenvalue weighted by molar-refractivity contribution is 6.22. The number of para-hydroxylation sites is 1. The molecule has 0 aromatic heterocycles. The van der Waals surface area contributed by atoms with E-state index in [1.807, 2.05) is 44.2 Å². The van der Waals surface area contributed by atoms with Crippen LogP contribution in [0.5, 0.6) is 5.75 Å². The molecule has 1 aliphatic carbocycles. The Bertz CT molecular complexity index is 1190. The van der Waals surface area contributed by atoms with E-state index < -0.39 is 11.9 Å². The summed E-state index contributed by atoms with van der Waals surface area (Å²) in [6.45, 7) is 4.14. The molecule has 2 fully saturated rings. The number of anilines is 2. The third kappa shape index (κ3) is 3.71. The zero-order chi connectivity index (χ0) is 24.0. The number of benzene rings is 2. The number of carbonyl (C=O) groups excluding carboxylic acids is 4. The number of aryl methyl sites for hydroxylation is 2. The summed E-state index contributed by atoms with van der Waals surface area (Å²) in [6, 6.07) is 12.3. The molecule has 3 aliphatic rings. The van der Waals surface area contributed by atoms with Crippen molar-refractivity contribution in [2.24, 2.45) is 17.8 Å². The minimum absolute atomic E-state index is 0.0752. The van der Waals surface area contributed by atoms with E-state index in [0.717, 1.165) is 16.8 Å². The highest BCUT2D eigenvalue weighted by atomic mass is 16.5. The van der Waals surface area contributed by atoms with Gasteiger partial charge < -0.3 is 9.64 Å². The van der Waals surface area contributed by atoms with Gasteiger partial charge in [-0.15, -0.1) is 0 Å². The van der Waals surface area contributed by atoms with E-state index >= 15 is 0 Å². The van der Waals surface area contributed by atoms with Crippen molar-refractivity contribution >= 4 is 35.1 Å². The van der Waals surface area contributed by atoms with Gasteiger partial charge in [-0.25, -0.2) is 4.90 Å². The predicted molar refractivity (Wildman–Crippen MR) is 126 cm³/mol. The lowest BCUT2D eigenvalue weighted by Crippen LogP contribution is -2.31. The van der Waals surface area contributed by atoms with Crippen LogP contribution in [0, 0.1) is 31.6 Å². The largest absolute Gasteiger partial charge is 0.426 e. The molecule has 3 atom stereocenters. The second kappa shape index (κ2) is 8.56. The van der Waals surface area contributed by atoms with Crippen molar-refractivity contribution in [3.05, 3.63) is 65.7 Å². The molecule has 174 valence electrons. The number of amides is 3. The Morgan fingerprint density at radius 2 is 1.53 bits per heavy atom. The summed E-state index contributed by atoms with van der Waals surface area (Å²) in [5, 5.41) is 0. The highest BCUT2D eigenvalue weighted by Gasteiger charge is 2.48. The van der Waals surface area contributed by atoms with Crippen molar-refractivity contribution in [3.8, 4) is 5.75 Å². The Hall–Kier alpha value is -3.74. The Morgan fingerprint density at radius 1 is 0.912 bits per heavy atom. The quantitative estimate of drug-likeness (QED) is 0.302. The summed E-state index contributed by atoms with van der Waals surface area (Å²) >= 11 is 0. The van der Waals surface area contributed by atoms with Crippen LogP contribution in [-0.2, 0) is 19.2 Å². The standard InChI is InChI=1S/C27H26N2O5/c1-16-7-5-8-17(2)24(16)28-15-18(13-23(28)30)27(33)34-20-10-6-9-19(14-20)29-25(31)21-11-3-4-12-22(21)26(29)32/h3-10,14,18,21-22H,11-13,15H2,1-2H3/t18-,21+,22+/m1/s1. The molecule has 2 aromatic carbocycles. The third-order valence-corrected chi connectivity index (χ3v) is 6.97. The molecular weight excluding hydrogens is 432 g/mol. The molecule has 3 amide bonds. The maximum absolute atomic E-state index is 12.9. The van der Waals surface area contributed by atoms with E-state index in [2.05, 4.69) is 0 Å². The molecule has 0 radical (unpaired) electrons. The Morgan fingerprint density at radius 3 is 2.18 bits per heavy atom. The lowest BCUT2D eigenvalue weighted by Gasteiger charge is -2.21. The van der Waals surface area contributed by atoms with Crippen molar-refractivity contribution < 1.29 is 23.9 Å². The van der Waals surface area contributed by atoms with Gasteiger partial charge in [0, 0.05) is 24.7 Å². The van der Waals surface area contributed by atoms with Crippen LogP contribution in [0.1, 0.15) is 30.4 Å². The SMILES string of the molecule is Cc1cccc(C)c1N1C[C@H](C(=O)Oc2cccc(N3C(=O)[C@H]4CC=CC[C@@H]4C3=O)c2)CC1=O. The average Bonchev–Trinajstić information content (AvgIpc) is 3.32. The molecule has 7 heteroatoms. The molecule has 2 aromatic rings. The van der Waals surface area contributed by atoms with Crippen LogP contribution in [-0.4, -0.2) is 30.2 Å². The summed E-state index contributed by atoms with van der Waals surface area (Å²) < 4.78 is 5.60. The van der Waals surface area contributed by atoms with Gasteiger partial charge in [-0.3, -0.25) is 19.2 Å². The van der Waals surface area contributed by atoms with Gasteiger partial charge in [0.25, 0.3) is 0 Å². The van der Waals surface area contributed by atoms with E-state index in [0.29, 0.717) is 18.5 Å². The number of esters is 1. The first kappa shape index (κ1) is 22.1. The first-order chi connectivity index (χ1) is 16.3. The molecule has 0 spiro atoms. The topological polar surface area (TPSA) is 84.0 Å². The molecule has 34 heavy (non-hydrogen) atoms. The van der Waals surface area contributed by atoms with Gasteiger partial charge in [0.15, 0.2) is 0 Å². The number of nitrogens with zero attached hydrogens (tertiary/aromatic N) is 2. The number of ether oxygens (including phenoxy) is 1. The number of hydrogen-bond acceptors (Lipinski definition) is 5. The van der Waals surface area contributed by atoms with E-state index in [1.165, 1.54) is 4.90 Å². The highest BCUT2D eigenvalue weighted by Crippen LogP contribution is 2.38. The second-order valence-corrected chi connectivity index (χ2v) is 9.23. The zero-order valence-electron chi connectivity index (χ0n) is 19.2. The minimum atomic E-state index is -0.598. The first-order valence-corrected chi connectivity index (χ1v) is 11.6. The van der Waals surface area contributed by atoms with E-state index in [-0.39, 0.29) is 48.3 Å². The maximum atomic E-state index is 12.9. The zero-order valence-corrected chi connectivity index (χ0v) is 19.2. The smallest absolute Gasteiger partial charge is 0.316 e. The van der Waals surface area contributed by atoms with Crippen molar-refractivity contribution in [1.82, 2.24) is 0 Å². The van der Waals surface area contributed by atoms with Gasteiger partial charge in [0.2, 0.25) is 17.7 Å². The maximum Gasteiger partial charge on any atom is 0.316 e. The second-order valence-electron chi connectivity index (χ2n) is 9.23. The molecular formula is C27H26N2O5. The van der Waals surface area contributed by atoms with Crippen LogP contribution in [0.25, 0.3) is 0 Å². The summed E-state index contributed by atoms with van der Waals surface area (Å²) in [5.41, 5.74) is 3.19. The van der Waals surface area contributed by atoms with Crippen molar-refractivity contribution in [1.29, 1.82) is 0 Å². The molecule has 2 heterocycles. The number of imide groups is 1. The molecule has 0 unspecified atom stereocenters. The number of fused-ring (bicyclic) bond motifs is 1. The van der Waals surface area contributed by atoms with Crippen molar-refractivity contribution in [2.45, 2.75) is 33.1 Å². The lowest BCUT2D eigenvalue weighted by atomic mass is 9.85. The van der Waals surface area contributed by atoms with E-state index in [1.54, 1.807) is 29.2 Å². The van der Waals surface area contributed by atoms with Crippen LogP contribution < -0.4 is 14.5 Å². The molecule has 2 aliphatic heterocycles. The molecule has 0 N–H and O–H groups in total. The molecule has 7 nitrogen and oxygen atoms in total. The molecule has 2 saturated heterocycles. The monoisotopic (exact) mass is 458 g/mol. The summed E-state index contributed by atoms with van der Waals surface area (Å²) in [4.78, 5) is 54.2. The average molecular weight is 459 g/mol. The van der Waals surface area contributed by atoms with Crippen LogP contribution in [0.2, 0.25) is 0 Å². The van der Waals surface area contributed by atoms with Crippen molar-refractivity contribution in [2.75, 3.05) is 16.3 Å². The predicted octanol–water partition coefficient (Wildman–Crippen LogP) is 3.72. The normalized spacial score (nSPS) is 24.1. The Balaban J connectivity index is 1.31. The molecule has 5 rings (SSSR count). The lowest BCUT2D eigenvalue weighted by molar-refractivity contribution is -0.139. The number of rotatable bonds is 4. The van der Waals surface area contributed by atoms with Crippen LogP contribution >= 0.6 is 0 Å². The van der Waals surface area contributed by atoms with Gasteiger partial charge in [-0.05, 0) is 49.9 Å². The van der Waals surface area contributed by atoms with Gasteiger partial charge in [-0.1, -0.05) is 36.4 Å². The summed E-state index contributed by atoms with van der Waals surface area (Å²) in [6.07, 6.45) is 5.09. The summed E-state index contributed by atoms with van der Waals surface area (Å²) in [7, 11) is 0. The van der Waals surface area contributed by atoms with Gasteiger partial charge in [-0.2, -0.15) is 0 Å². The van der Waals surface area contributed by atoms with Gasteiger partial charge in [0.05, 0.1) is 23.4 Å². The molecule has 0 bridgehead atoms. The Kier molecular flexibility index (Phi) is 5.55. The van der Waals surface area contributed by atoms with Crippen LogP contribution in [0.4, 0.5) is 11.4 Å². The number of hydrogen-bond donors (Lipinski definition) is 0. The Labute approximate surface area is 198 Å². The van der Waals surface area contributed by atoms with Crippen molar-refractivity contribution in [3.63, 3.8) is 0 Å². The molecule has 0 saturated carbocycles. The fourth-order valence-corrected chi connectivity index (χ4v) is 5.25.